The van der Waals surface area contributed by atoms with Crippen molar-refractivity contribution in [1.82, 2.24) is 10.2 Å². The number of likely N-dealkylation sites (tertiary alicyclic amines) is 1. The highest BCUT2D eigenvalue weighted by Crippen LogP contribution is 2.18. The van der Waals surface area contributed by atoms with Gasteiger partial charge in [0.25, 0.3) is 0 Å². The summed E-state index contributed by atoms with van der Waals surface area (Å²) in [5.74, 6) is 0.868. The van der Waals surface area contributed by atoms with Crippen molar-refractivity contribution in [2.24, 2.45) is 5.92 Å². The second-order valence-electron chi connectivity index (χ2n) is 6.30. The van der Waals surface area contributed by atoms with Gasteiger partial charge < -0.3 is 5.32 Å². The summed E-state index contributed by atoms with van der Waals surface area (Å²) in [6, 6.07) is 9.23. The van der Waals surface area contributed by atoms with E-state index in [2.05, 4.69) is 48.3 Å². The van der Waals surface area contributed by atoms with Crippen LogP contribution in [0.5, 0.6) is 0 Å². The minimum Gasteiger partial charge on any atom is -0.316 e. The fraction of sp³-hybridized carbons (Fsp3) is 0.667. The van der Waals surface area contributed by atoms with Crippen molar-refractivity contribution >= 4 is 0 Å². The first-order valence-corrected chi connectivity index (χ1v) is 8.29. The van der Waals surface area contributed by atoms with Crippen LogP contribution in [-0.4, -0.2) is 31.1 Å². The van der Waals surface area contributed by atoms with Crippen molar-refractivity contribution in [3.05, 3.63) is 35.4 Å². The first-order valence-electron chi connectivity index (χ1n) is 8.29. The van der Waals surface area contributed by atoms with Gasteiger partial charge in [0, 0.05) is 13.1 Å². The Morgan fingerprint density at radius 3 is 2.60 bits per heavy atom. The Morgan fingerprint density at radius 1 is 1.15 bits per heavy atom. The van der Waals surface area contributed by atoms with Gasteiger partial charge in [0.05, 0.1) is 0 Å². The summed E-state index contributed by atoms with van der Waals surface area (Å²) in [6.45, 7) is 10.5. The molecule has 2 heteroatoms. The molecule has 0 radical (unpaired) electrons. The van der Waals surface area contributed by atoms with Crippen LogP contribution in [0.2, 0.25) is 0 Å². The second kappa shape index (κ2) is 8.43. The molecule has 1 N–H and O–H groups in total. The molecule has 20 heavy (non-hydrogen) atoms. The van der Waals surface area contributed by atoms with Crippen molar-refractivity contribution < 1.29 is 0 Å². The maximum atomic E-state index is 3.46. The van der Waals surface area contributed by atoms with Gasteiger partial charge in [-0.05, 0) is 62.4 Å². The van der Waals surface area contributed by atoms with Crippen molar-refractivity contribution in [1.29, 1.82) is 0 Å². The number of hydrogen-bond donors (Lipinski definition) is 1. The van der Waals surface area contributed by atoms with Gasteiger partial charge in [0.1, 0.15) is 0 Å². The van der Waals surface area contributed by atoms with Crippen LogP contribution in [0.4, 0.5) is 0 Å². The van der Waals surface area contributed by atoms with Crippen LogP contribution in [-0.2, 0) is 13.0 Å². The summed E-state index contributed by atoms with van der Waals surface area (Å²) in [5, 5.41) is 3.46. The molecule has 1 heterocycles. The Balaban J connectivity index is 1.76. The monoisotopic (exact) mass is 274 g/mol. The Labute approximate surface area is 124 Å². The maximum absolute atomic E-state index is 3.46. The lowest BCUT2D eigenvalue weighted by molar-refractivity contribution is 0.176. The van der Waals surface area contributed by atoms with Crippen LogP contribution in [0, 0.1) is 5.92 Å². The van der Waals surface area contributed by atoms with E-state index in [1.165, 1.54) is 43.5 Å². The molecule has 1 saturated heterocycles. The zero-order valence-electron chi connectivity index (χ0n) is 13.2. The largest absolute Gasteiger partial charge is 0.316 e. The van der Waals surface area contributed by atoms with E-state index in [-0.39, 0.29) is 0 Å². The van der Waals surface area contributed by atoms with E-state index in [0.29, 0.717) is 0 Å². The lowest BCUT2D eigenvalue weighted by atomic mass is 9.99. The molecule has 1 aliphatic heterocycles. The fourth-order valence-electron chi connectivity index (χ4n) is 3.03. The van der Waals surface area contributed by atoms with Crippen LogP contribution in [0.1, 0.15) is 44.2 Å². The number of rotatable bonds is 7. The molecule has 0 saturated carbocycles. The van der Waals surface area contributed by atoms with Crippen LogP contribution in [0.15, 0.2) is 24.3 Å². The molecule has 1 aromatic rings. The predicted molar refractivity (Wildman–Crippen MR) is 87.0 cm³/mol. The third-order valence-electron chi connectivity index (χ3n) is 4.19. The van der Waals surface area contributed by atoms with E-state index in [9.17, 15) is 0 Å². The van der Waals surface area contributed by atoms with Crippen molar-refractivity contribution in [3.8, 4) is 0 Å². The van der Waals surface area contributed by atoms with E-state index in [1.54, 1.807) is 0 Å². The fourth-order valence-corrected chi connectivity index (χ4v) is 3.03. The van der Waals surface area contributed by atoms with E-state index in [4.69, 9.17) is 0 Å². The summed E-state index contributed by atoms with van der Waals surface area (Å²) in [4.78, 5) is 2.60. The molecular weight excluding hydrogens is 244 g/mol. The molecular formula is C18H30N2. The molecule has 0 amide bonds. The zero-order valence-corrected chi connectivity index (χ0v) is 13.2. The van der Waals surface area contributed by atoms with E-state index in [0.717, 1.165) is 32.0 Å². The van der Waals surface area contributed by atoms with E-state index >= 15 is 0 Å². The summed E-state index contributed by atoms with van der Waals surface area (Å²) >= 11 is 0. The number of benzene rings is 1. The van der Waals surface area contributed by atoms with Crippen LogP contribution >= 0.6 is 0 Å². The lowest BCUT2D eigenvalue weighted by Gasteiger charge is -2.30. The smallest absolute Gasteiger partial charge is 0.0233 e. The van der Waals surface area contributed by atoms with Gasteiger partial charge >= 0.3 is 0 Å². The van der Waals surface area contributed by atoms with Crippen molar-refractivity contribution in [3.63, 3.8) is 0 Å². The van der Waals surface area contributed by atoms with Gasteiger partial charge in [-0.15, -0.1) is 0 Å². The van der Waals surface area contributed by atoms with Crippen LogP contribution in [0.25, 0.3) is 0 Å². The van der Waals surface area contributed by atoms with Crippen LogP contribution < -0.4 is 5.32 Å². The predicted octanol–water partition coefficient (Wildman–Crippen LogP) is 3.46. The molecule has 0 spiro atoms. The third kappa shape index (κ3) is 5.26. The highest BCUT2D eigenvalue weighted by molar-refractivity contribution is 5.22. The Bertz CT molecular complexity index is 372. The zero-order chi connectivity index (χ0) is 14.2. The standard InChI is InChI=1S/C18H30N2/c1-3-11-19-12-10-17-6-8-18(9-7-17)15-20-13-4-5-16(2)14-20/h6-9,16,19H,3-5,10-15H2,1-2H3. The molecule has 1 fully saturated rings. The molecule has 2 nitrogen and oxygen atoms in total. The number of nitrogens with one attached hydrogen (secondary N) is 1. The van der Waals surface area contributed by atoms with Gasteiger partial charge in [-0.2, -0.15) is 0 Å². The molecule has 1 atom stereocenters. The molecule has 0 aliphatic carbocycles. The molecule has 1 aliphatic rings. The summed E-state index contributed by atoms with van der Waals surface area (Å²) < 4.78 is 0. The highest BCUT2D eigenvalue weighted by atomic mass is 15.1. The molecule has 2 rings (SSSR count). The average molecular weight is 274 g/mol. The Kier molecular flexibility index (Phi) is 6.55. The lowest BCUT2D eigenvalue weighted by Crippen LogP contribution is -2.33. The third-order valence-corrected chi connectivity index (χ3v) is 4.19. The van der Waals surface area contributed by atoms with Gasteiger partial charge in [0.2, 0.25) is 0 Å². The van der Waals surface area contributed by atoms with Gasteiger partial charge in [-0.1, -0.05) is 38.1 Å². The number of piperidine rings is 1. The molecule has 1 unspecified atom stereocenters. The van der Waals surface area contributed by atoms with Gasteiger partial charge in [-0.3, -0.25) is 4.90 Å². The molecule has 0 bridgehead atoms. The first-order chi connectivity index (χ1) is 9.78. The SMILES string of the molecule is CCCNCCc1ccc(CN2CCCC(C)C2)cc1. The molecule has 1 aromatic carbocycles. The average Bonchev–Trinajstić information content (AvgIpc) is 2.45. The minimum atomic E-state index is 0.868. The second-order valence-corrected chi connectivity index (χ2v) is 6.30. The minimum absolute atomic E-state index is 0.868. The highest BCUT2D eigenvalue weighted by Gasteiger charge is 2.15. The van der Waals surface area contributed by atoms with Gasteiger partial charge in [0.15, 0.2) is 0 Å². The number of hydrogen-bond acceptors (Lipinski definition) is 2. The Hall–Kier alpha value is -0.860. The first kappa shape index (κ1) is 15.5. The topological polar surface area (TPSA) is 15.3 Å². The van der Waals surface area contributed by atoms with Crippen molar-refractivity contribution in [2.45, 2.75) is 46.1 Å². The quantitative estimate of drug-likeness (QED) is 0.766. The van der Waals surface area contributed by atoms with Gasteiger partial charge in [-0.25, -0.2) is 0 Å². The summed E-state index contributed by atoms with van der Waals surface area (Å²) in [7, 11) is 0. The normalized spacial score (nSPS) is 20.2. The summed E-state index contributed by atoms with van der Waals surface area (Å²) in [6.07, 6.45) is 5.12. The van der Waals surface area contributed by atoms with Crippen molar-refractivity contribution in [2.75, 3.05) is 26.2 Å². The summed E-state index contributed by atoms with van der Waals surface area (Å²) in [5.41, 5.74) is 2.91. The van der Waals surface area contributed by atoms with Crippen LogP contribution in [0.3, 0.4) is 0 Å². The van der Waals surface area contributed by atoms with E-state index in [1.807, 2.05) is 0 Å². The van der Waals surface area contributed by atoms with E-state index < -0.39 is 0 Å². The Morgan fingerprint density at radius 2 is 1.90 bits per heavy atom. The maximum Gasteiger partial charge on any atom is 0.0233 e. The number of nitrogens with zero attached hydrogens (tertiary/aromatic N) is 1. The molecule has 112 valence electrons. The molecule has 0 aromatic heterocycles.